The fourth-order valence-electron chi connectivity index (χ4n) is 4.25. The molecule has 5 aromatic rings. The first-order valence-corrected chi connectivity index (χ1v) is 12.0. The predicted molar refractivity (Wildman–Crippen MR) is 143 cm³/mol. The summed E-state index contributed by atoms with van der Waals surface area (Å²) >= 11 is 0. The standard InChI is InChI=1S/C29H30N6O/c1-19-8-13-24(20(2)15-19)35-26(17-25(33-35)29(3,4)5)32-27(36)16-21-9-11-22(12-10-21)34-18-31-23-7-6-14-30-28(23)34/h6-15,17-18H,16H2,1-5H3,(H,32,36). The van der Waals surface area contributed by atoms with Crippen molar-refractivity contribution >= 4 is 22.9 Å². The highest BCUT2D eigenvalue weighted by Crippen LogP contribution is 2.28. The lowest BCUT2D eigenvalue weighted by molar-refractivity contribution is -0.115. The summed E-state index contributed by atoms with van der Waals surface area (Å²) in [5.41, 5.74) is 7.53. The zero-order valence-electron chi connectivity index (χ0n) is 21.3. The molecule has 0 aliphatic carbocycles. The Morgan fingerprint density at radius 2 is 1.75 bits per heavy atom. The van der Waals surface area contributed by atoms with Crippen molar-refractivity contribution in [1.82, 2.24) is 24.3 Å². The molecule has 0 saturated carbocycles. The molecule has 0 aliphatic rings. The minimum Gasteiger partial charge on any atom is -0.310 e. The minimum absolute atomic E-state index is 0.0936. The van der Waals surface area contributed by atoms with Gasteiger partial charge in [0.15, 0.2) is 5.65 Å². The van der Waals surface area contributed by atoms with Crippen LogP contribution >= 0.6 is 0 Å². The molecule has 1 amide bonds. The number of aromatic nitrogens is 5. The number of nitrogens with zero attached hydrogens (tertiary/aromatic N) is 5. The number of nitrogens with one attached hydrogen (secondary N) is 1. The smallest absolute Gasteiger partial charge is 0.229 e. The molecular weight excluding hydrogens is 448 g/mol. The van der Waals surface area contributed by atoms with Crippen molar-refractivity contribution in [3.63, 3.8) is 0 Å². The van der Waals surface area contributed by atoms with Crippen LogP contribution < -0.4 is 5.32 Å². The highest BCUT2D eigenvalue weighted by molar-refractivity contribution is 5.92. The molecule has 7 heteroatoms. The molecule has 3 heterocycles. The molecule has 5 rings (SSSR count). The Kier molecular flexibility index (Phi) is 5.92. The number of hydrogen-bond donors (Lipinski definition) is 1. The molecule has 0 bridgehead atoms. The molecule has 7 nitrogen and oxygen atoms in total. The number of benzene rings is 2. The van der Waals surface area contributed by atoms with Crippen LogP contribution in [0.4, 0.5) is 5.82 Å². The number of pyridine rings is 1. The number of hydrogen-bond acceptors (Lipinski definition) is 4. The third-order valence-corrected chi connectivity index (χ3v) is 6.21. The fraction of sp³-hybridized carbons (Fsp3) is 0.241. The predicted octanol–water partition coefficient (Wildman–Crippen LogP) is 5.70. The average Bonchev–Trinajstić information content (AvgIpc) is 3.44. The van der Waals surface area contributed by atoms with Crippen LogP contribution in [-0.4, -0.2) is 30.2 Å². The number of imidazole rings is 1. The highest BCUT2D eigenvalue weighted by atomic mass is 16.1. The van der Waals surface area contributed by atoms with E-state index in [9.17, 15) is 4.79 Å². The van der Waals surface area contributed by atoms with Crippen LogP contribution in [0.1, 0.15) is 43.2 Å². The van der Waals surface area contributed by atoms with Gasteiger partial charge in [-0.2, -0.15) is 5.10 Å². The maximum atomic E-state index is 13.1. The van der Waals surface area contributed by atoms with E-state index in [0.29, 0.717) is 5.82 Å². The Labute approximate surface area is 210 Å². The Hall–Kier alpha value is -4.26. The van der Waals surface area contributed by atoms with Gasteiger partial charge in [0.25, 0.3) is 0 Å². The first-order chi connectivity index (χ1) is 17.2. The molecule has 0 aliphatic heterocycles. The molecule has 0 atom stereocenters. The number of rotatable bonds is 5. The van der Waals surface area contributed by atoms with E-state index in [-0.39, 0.29) is 17.7 Å². The van der Waals surface area contributed by atoms with Gasteiger partial charge >= 0.3 is 0 Å². The van der Waals surface area contributed by atoms with Gasteiger partial charge in [0.2, 0.25) is 5.91 Å². The van der Waals surface area contributed by atoms with Crippen LogP contribution in [0.15, 0.2) is 73.2 Å². The third-order valence-electron chi connectivity index (χ3n) is 6.21. The lowest BCUT2D eigenvalue weighted by Crippen LogP contribution is -2.17. The van der Waals surface area contributed by atoms with Crippen LogP contribution in [0.25, 0.3) is 22.5 Å². The Bertz CT molecular complexity index is 1550. The third kappa shape index (κ3) is 4.64. The van der Waals surface area contributed by atoms with Crippen LogP contribution in [0, 0.1) is 13.8 Å². The number of anilines is 1. The molecule has 0 unspecified atom stereocenters. The van der Waals surface area contributed by atoms with Crippen molar-refractivity contribution < 1.29 is 4.79 Å². The SMILES string of the molecule is Cc1ccc(-n2nc(C(C)(C)C)cc2NC(=O)Cc2ccc(-n3cnc4cccnc43)cc2)c(C)c1. The summed E-state index contributed by atoms with van der Waals surface area (Å²) in [4.78, 5) is 21.9. The summed E-state index contributed by atoms with van der Waals surface area (Å²) in [6.07, 6.45) is 3.78. The lowest BCUT2D eigenvalue weighted by Gasteiger charge is -2.14. The van der Waals surface area contributed by atoms with Crippen LogP contribution in [0.5, 0.6) is 0 Å². The number of carbonyl (C=O) groups excluding carboxylic acids is 1. The summed E-state index contributed by atoms with van der Waals surface area (Å²) in [5, 5.41) is 7.95. The van der Waals surface area contributed by atoms with E-state index in [4.69, 9.17) is 5.10 Å². The summed E-state index contributed by atoms with van der Waals surface area (Å²) in [6, 6.07) is 19.9. The van der Waals surface area contributed by atoms with Gasteiger partial charge in [-0.3, -0.25) is 9.36 Å². The lowest BCUT2D eigenvalue weighted by atomic mass is 9.92. The summed E-state index contributed by atoms with van der Waals surface area (Å²) < 4.78 is 3.78. The number of aryl methyl sites for hydroxylation is 2. The molecule has 0 fully saturated rings. The monoisotopic (exact) mass is 478 g/mol. The maximum Gasteiger partial charge on any atom is 0.229 e. The quantitative estimate of drug-likeness (QED) is 0.351. The van der Waals surface area contributed by atoms with Gasteiger partial charge in [0, 0.05) is 23.4 Å². The maximum absolute atomic E-state index is 13.1. The van der Waals surface area contributed by atoms with Crippen molar-refractivity contribution in [3.05, 3.63) is 95.6 Å². The van der Waals surface area contributed by atoms with Gasteiger partial charge in [-0.05, 0) is 55.3 Å². The van der Waals surface area contributed by atoms with E-state index in [1.807, 2.05) is 57.8 Å². The van der Waals surface area contributed by atoms with E-state index in [0.717, 1.165) is 39.4 Å². The molecule has 182 valence electrons. The first kappa shape index (κ1) is 23.5. The average molecular weight is 479 g/mol. The van der Waals surface area contributed by atoms with Crippen molar-refractivity contribution in [2.45, 2.75) is 46.5 Å². The first-order valence-electron chi connectivity index (χ1n) is 12.0. The van der Waals surface area contributed by atoms with Crippen LogP contribution in [0.3, 0.4) is 0 Å². The number of amides is 1. The van der Waals surface area contributed by atoms with Gasteiger partial charge in [0.1, 0.15) is 17.7 Å². The highest BCUT2D eigenvalue weighted by Gasteiger charge is 2.22. The van der Waals surface area contributed by atoms with Gasteiger partial charge in [-0.15, -0.1) is 0 Å². The molecule has 1 N–H and O–H groups in total. The summed E-state index contributed by atoms with van der Waals surface area (Å²) in [7, 11) is 0. The molecule has 0 spiro atoms. The van der Waals surface area contributed by atoms with Crippen molar-refractivity contribution in [2.24, 2.45) is 0 Å². The molecule has 36 heavy (non-hydrogen) atoms. The van der Waals surface area contributed by atoms with E-state index in [2.05, 4.69) is 62.0 Å². The van der Waals surface area contributed by atoms with Crippen molar-refractivity contribution in [2.75, 3.05) is 5.32 Å². The molecule has 3 aromatic heterocycles. The summed E-state index contributed by atoms with van der Waals surface area (Å²) in [6.45, 7) is 10.5. The Morgan fingerprint density at radius 1 is 0.972 bits per heavy atom. The summed E-state index contributed by atoms with van der Waals surface area (Å²) in [5.74, 6) is 0.577. The van der Waals surface area contributed by atoms with E-state index >= 15 is 0 Å². The van der Waals surface area contributed by atoms with Crippen molar-refractivity contribution in [1.29, 1.82) is 0 Å². The molecular formula is C29H30N6O. The molecule has 2 aromatic carbocycles. The van der Waals surface area contributed by atoms with E-state index in [1.54, 1.807) is 12.5 Å². The van der Waals surface area contributed by atoms with E-state index < -0.39 is 0 Å². The fourth-order valence-corrected chi connectivity index (χ4v) is 4.25. The van der Waals surface area contributed by atoms with Gasteiger partial charge in [-0.1, -0.05) is 50.6 Å². The Balaban J connectivity index is 1.37. The van der Waals surface area contributed by atoms with Gasteiger partial charge in [-0.25, -0.2) is 14.6 Å². The topological polar surface area (TPSA) is 77.6 Å². The molecule has 0 radical (unpaired) electrons. The van der Waals surface area contributed by atoms with Crippen molar-refractivity contribution in [3.8, 4) is 11.4 Å². The normalized spacial score (nSPS) is 11.7. The largest absolute Gasteiger partial charge is 0.310 e. The number of carbonyl (C=O) groups is 1. The van der Waals surface area contributed by atoms with Gasteiger partial charge < -0.3 is 5.32 Å². The zero-order valence-corrected chi connectivity index (χ0v) is 21.3. The second-order valence-corrected chi connectivity index (χ2v) is 10.2. The van der Waals surface area contributed by atoms with Gasteiger partial charge in [0.05, 0.1) is 17.8 Å². The van der Waals surface area contributed by atoms with Crippen LogP contribution in [0.2, 0.25) is 0 Å². The van der Waals surface area contributed by atoms with E-state index in [1.165, 1.54) is 5.56 Å². The Morgan fingerprint density at radius 3 is 2.47 bits per heavy atom. The number of fused-ring (bicyclic) bond motifs is 1. The second-order valence-electron chi connectivity index (χ2n) is 10.2. The zero-order chi connectivity index (χ0) is 25.4. The molecule has 0 saturated heterocycles. The van der Waals surface area contributed by atoms with Crippen LogP contribution in [-0.2, 0) is 16.6 Å². The minimum atomic E-state index is -0.147. The second kappa shape index (κ2) is 9.07.